The number of aromatic nitrogens is 3. The number of fused-ring (bicyclic) bond motifs is 3. The molecule has 0 saturated heterocycles. The molecule has 0 saturated carbocycles. The van der Waals surface area contributed by atoms with Crippen molar-refractivity contribution in [3.05, 3.63) is 65.6 Å². The Bertz CT molecular complexity index is 881. The van der Waals surface area contributed by atoms with Crippen molar-refractivity contribution in [3.8, 4) is 16.9 Å². The second kappa shape index (κ2) is 4.94. The Balaban J connectivity index is 1.89. The third-order valence-corrected chi connectivity index (χ3v) is 4.09. The normalized spacial score (nSPS) is 13.5. The molecule has 0 amide bonds. The molecule has 3 aromatic rings. The highest BCUT2D eigenvalue weighted by Gasteiger charge is 2.31. The van der Waals surface area contributed by atoms with Crippen molar-refractivity contribution in [1.29, 1.82) is 0 Å². The van der Waals surface area contributed by atoms with Crippen molar-refractivity contribution in [2.45, 2.75) is 19.0 Å². The number of halogens is 3. The maximum absolute atomic E-state index is 12.9. The van der Waals surface area contributed by atoms with Crippen LogP contribution in [0.3, 0.4) is 0 Å². The van der Waals surface area contributed by atoms with Gasteiger partial charge in [0.05, 0.1) is 23.1 Å². The summed E-state index contributed by atoms with van der Waals surface area (Å²) in [5.41, 5.74) is 3.70. The van der Waals surface area contributed by atoms with Gasteiger partial charge < -0.3 is 0 Å². The van der Waals surface area contributed by atoms with Crippen LogP contribution in [0.4, 0.5) is 13.2 Å². The first-order valence-electron chi connectivity index (χ1n) is 7.22. The third kappa shape index (κ3) is 2.30. The van der Waals surface area contributed by atoms with E-state index in [4.69, 9.17) is 0 Å². The molecule has 0 aliphatic heterocycles. The minimum Gasteiger partial charge on any atom is -0.264 e. The van der Waals surface area contributed by atoms with Crippen LogP contribution in [-0.4, -0.2) is 14.8 Å². The summed E-state index contributed by atoms with van der Waals surface area (Å²) >= 11 is 0. The molecular formula is C17H12F3N3. The van der Waals surface area contributed by atoms with Crippen molar-refractivity contribution in [2.75, 3.05) is 0 Å². The molecule has 3 nitrogen and oxygen atoms in total. The minimum atomic E-state index is -4.37. The summed E-state index contributed by atoms with van der Waals surface area (Å²) in [6.07, 6.45) is 2.54. The average Bonchev–Trinajstić information content (AvgIpc) is 2.99. The fourth-order valence-corrected chi connectivity index (χ4v) is 2.99. The summed E-state index contributed by atoms with van der Waals surface area (Å²) in [4.78, 5) is 4.13. The minimum absolute atomic E-state index is 0.408. The summed E-state index contributed by atoms with van der Waals surface area (Å²) in [6.45, 7) is 0. The van der Waals surface area contributed by atoms with E-state index in [1.807, 2.05) is 12.3 Å². The van der Waals surface area contributed by atoms with Crippen LogP contribution in [0.5, 0.6) is 0 Å². The van der Waals surface area contributed by atoms with Gasteiger partial charge in [-0.2, -0.15) is 18.3 Å². The van der Waals surface area contributed by atoms with E-state index in [1.54, 1.807) is 23.1 Å². The number of nitrogens with zero attached hydrogens (tertiary/aromatic N) is 3. The lowest BCUT2D eigenvalue weighted by Crippen LogP contribution is -2.09. The van der Waals surface area contributed by atoms with Crippen molar-refractivity contribution in [3.63, 3.8) is 0 Å². The summed E-state index contributed by atoms with van der Waals surface area (Å²) in [5, 5.41) is 4.32. The molecule has 1 aromatic carbocycles. The van der Waals surface area contributed by atoms with Gasteiger partial charge in [-0.1, -0.05) is 6.07 Å². The quantitative estimate of drug-likeness (QED) is 0.678. The second-order valence-corrected chi connectivity index (χ2v) is 5.51. The number of alkyl halides is 3. The molecule has 0 atom stereocenters. The second-order valence-electron chi connectivity index (χ2n) is 5.51. The van der Waals surface area contributed by atoms with E-state index in [0.717, 1.165) is 47.4 Å². The number of aryl methyl sites for hydroxylation is 2. The first-order chi connectivity index (χ1) is 11.0. The molecular weight excluding hydrogens is 303 g/mol. The maximum Gasteiger partial charge on any atom is 0.416 e. The molecule has 23 heavy (non-hydrogen) atoms. The van der Waals surface area contributed by atoms with E-state index in [2.05, 4.69) is 10.1 Å². The zero-order valence-corrected chi connectivity index (χ0v) is 12.0. The van der Waals surface area contributed by atoms with Crippen molar-refractivity contribution in [2.24, 2.45) is 0 Å². The SMILES string of the molecule is FC(F)(F)c1cccc(-n2ncc3c2-c2ccncc2CC3)c1. The van der Waals surface area contributed by atoms with Gasteiger partial charge in [-0.15, -0.1) is 0 Å². The molecule has 0 radical (unpaired) electrons. The van der Waals surface area contributed by atoms with E-state index >= 15 is 0 Å². The standard InChI is InChI=1S/C17H12F3N3/c18-17(19,20)13-2-1-3-14(8-13)23-16-12(10-22-23)5-4-11-9-21-7-6-15(11)16/h1-3,6-10H,4-5H2. The number of hydrogen-bond donors (Lipinski definition) is 0. The molecule has 0 bridgehead atoms. The Labute approximate surface area is 130 Å². The molecule has 4 rings (SSSR count). The van der Waals surface area contributed by atoms with E-state index < -0.39 is 11.7 Å². The van der Waals surface area contributed by atoms with Gasteiger partial charge in [0.25, 0.3) is 0 Å². The maximum atomic E-state index is 12.9. The van der Waals surface area contributed by atoms with Gasteiger partial charge in [0.1, 0.15) is 0 Å². The monoisotopic (exact) mass is 315 g/mol. The molecule has 2 aromatic heterocycles. The predicted molar refractivity (Wildman–Crippen MR) is 79.2 cm³/mol. The molecule has 1 aliphatic carbocycles. The summed E-state index contributed by atoms with van der Waals surface area (Å²) in [7, 11) is 0. The molecule has 6 heteroatoms. The van der Waals surface area contributed by atoms with Crippen LogP contribution >= 0.6 is 0 Å². The fraction of sp³-hybridized carbons (Fsp3) is 0.176. The molecule has 1 aliphatic rings. The van der Waals surface area contributed by atoms with Crippen LogP contribution in [0.1, 0.15) is 16.7 Å². The van der Waals surface area contributed by atoms with Gasteiger partial charge in [-0.3, -0.25) is 4.98 Å². The van der Waals surface area contributed by atoms with Gasteiger partial charge >= 0.3 is 6.18 Å². The lowest BCUT2D eigenvalue weighted by molar-refractivity contribution is -0.137. The summed E-state index contributed by atoms with van der Waals surface area (Å²) < 4.78 is 40.4. The van der Waals surface area contributed by atoms with Crippen LogP contribution in [0.15, 0.2) is 48.9 Å². The van der Waals surface area contributed by atoms with Gasteiger partial charge in [-0.05, 0) is 48.2 Å². The fourth-order valence-electron chi connectivity index (χ4n) is 2.99. The summed E-state index contributed by atoms with van der Waals surface area (Å²) in [6, 6.07) is 7.12. The van der Waals surface area contributed by atoms with Crippen LogP contribution in [0.25, 0.3) is 16.9 Å². The topological polar surface area (TPSA) is 30.7 Å². The lowest BCUT2D eigenvalue weighted by atomic mass is 9.92. The highest BCUT2D eigenvalue weighted by Crippen LogP contribution is 2.35. The predicted octanol–water partition coefficient (Wildman–Crippen LogP) is 4.05. The smallest absolute Gasteiger partial charge is 0.264 e. The molecule has 0 fully saturated rings. The van der Waals surface area contributed by atoms with E-state index in [9.17, 15) is 13.2 Å². The third-order valence-electron chi connectivity index (χ3n) is 4.09. The molecule has 0 N–H and O–H groups in total. The van der Waals surface area contributed by atoms with E-state index in [-0.39, 0.29) is 0 Å². The molecule has 2 heterocycles. The van der Waals surface area contributed by atoms with Gasteiger partial charge in [-0.25, -0.2) is 4.68 Å². The Hall–Kier alpha value is -2.63. The van der Waals surface area contributed by atoms with Gasteiger partial charge in [0, 0.05) is 18.0 Å². The van der Waals surface area contributed by atoms with Gasteiger partial charge in [0.15, 0.2) is 0 Å². The van der Waals surface area contributed by atoms with Crippen LogP contribution in [0.2, 0.25) is 0 Å². The van der Waals surface area contributed by atoms with Crippen molar-refractivity contribution in [1.82, 2.24) is 14.8 Å². The summed E-state index contributed by atoms with van der Waals surface area (Å²) in [5.74, 6) is 0. The number of benzene rings is 1. The zero-order valence-electron chi connectivity index (χ0n) is 12.0. The zero-order chi connectivity index (χ0) is 16.0. The molecule has 0 spiro atoms. The first kappa shape index (κ1) is 14.0. The largest absolute Gasteiger partial charge is 0.416 e. The number of rotatable bonds is 1. The van der Waals surface area contributed by atoms with E-state index in [1.165, 1.54) is 6.07 Å². The van der Waals surface area contributed by atoms with E-state index in [0.29, 0.717) is 5.69 Å². The first-order valence-corrected chi connectivity index (χ1v) is 7.22. The highest BCUT2D eigenvalue weighted by molar-refractivity contribution is 5.71. The lowest BCUT2D eigenvalue weighted by Gasteiger charge is -2.18. The Morgan fingerprint density at radius 2 is 1.83 bits per heavy atom. The number of hydrogen-bond acceptors (Lipinski definition) is 2. The average molecular weight is 315 g/mol. The van der Waals surface area contributed by atoms with Crippen LogP contribution in [0, 0.1) is 0 Å². The van der Waals surface area contributed by atoms with Crippen LogP contribution in [-0.2, 0) is 19.0 Å². The number of pyridine rings is 1. The Morgan fingerprint density at radius 3 is 2.65 bits per heavy atom. The van der Waals surface area contributed by atoms with Crippen molar-refractivity contribution < 1.29 is 13.2 Å². The highest BCUT2D eigenvalue weighted by atomic mass is 19.4. The van der Waals surface area contributed by atoms with Gasteiger partial charge in [0.2, 0.25) is 0 Å². The molecule has 116 valence electrons. The van der Waals surface area contributed by atoms with Crippen LogP contribution < -0.4 is 0 Å². The molecule has 0 unspecified atom stereocenters. The Kier molecular flexibility index (Phi) is 3.01. The Morgan fingerprint density at radius 1 is 1.00 bits per heavy atom. The van der Waals surface area contributed by atoms with Crippen molar-refractivity contribution >= 4 is 0 Å².